The topological polar surface area (TPSA) is 64.1 Å². The predicted molar refractivity (Wildman–Crippen MR) is 88.0 cm³/mol. The number of fused-ring (bicyclic) bond motifs is 1. The number of benzene rings is 2. The van der Waals surface area contributed by atoms with E-state index in [1.54, 1.807) is 12.1 Å². The van der Waals surface area contributed by atoms with Crippen molar-refractivity contribution in [2.75, 3.05) is 6.61 Å². The molecule has 5 nitrogen and oxygen atoms in total. The molecular formula is C18H16FN3O2. The SMILES string of the molecule is CC(NC(=O)COc1ncnc2ccccc12)c1ccc(F)cc1. The fraction of sp³-hybridized carbons (Fsp3) is 0.167. The number of amides is 1. The summed E-state index contributed by atoms with van der Waals surface area (Å²) >= 11 is 0. The number of para-hydroxylation sites is 1. The van der Waals surface area contributed by atoms with Crippen molar-refractivity contribution in [2.45, 2.75) is 13.0 Å². The molecule has 1 amide bonds. The lowest BCUT2D eigenvalue weighted by atomic mass is 10.1. The molecule has 122 valence electrons. The number of hydrogen-bond acceptors (Lipinski definition) is 4. The van der Waals surface area contributed by atoms with Crippen molar-refractivity contribution in [3.8, 4) is 5.88 Å². The number of carbonyl (C=O) groups excluding carboxylic acids is 1. The van der Waals surface area contributed by atoms with E-state index in [2.05, 4.69) is 15.3 Å². The van der Waals surface area contributed by atoms with E-state index in [1.807, 2.05) is 31.2 Å². The molecule has 0 spiro atoms. The van der Waals surface area contributed by atoms with Crippen LogP contribution in [0.1, 0.15) is 18.5 Å². The maximum atomic E-state index is 12.9. The number of ether oxygens (including phenoxy) is 1. The highest BCUT2D eigenvalue weighted by Crippen LogP contribution is 2.20. The van der Waals surface area contributed by atoms with E-state index >= 15 is 0 Å². The summed E-state index contributed by atoms with van der Waals surface area (Å²) < 4.78 is 18.4. The number of hydrogen-bond donors (Lipinski definition) is 1. The van der Waals surface area contributed by atoms with E-state index in [4.69, 9.17) is 4.74 Å². The zero-order chi connectivity index (χ0) is 16.9. The maximum absolute atomic E-state index is 12.9. The smallest absolute Gasteiger partial charge is 0.258 e. The fourth-order valence-electron chi connectivity index (χ4n) is 2.35. The van der Waals surface area contributed by atoms with Crippen LogP contribution in [0.3, 0.4) is 0 Å². The molecule has 0 radical (unpaired) electrons. The molecule has 6 heteroatoms. The molecule has 24 heavy (non-hydrogen) atoms. The first-order valence-corrected chi connectivity index (χ1v) is 7.51. The Balaban J connectivity index is 1.62. The summed E-state index contributed by atoms with van der Waals surface area (Å²) in [6.45, 7) is 1.66. The molecule has 0 fully saturated rings. The number of nitrogens with zero attached hydrogens (tertiary/aromatic N) is 2. The highest BCUT2D eigenvalue weighted by Gasteiger charge is 2.11. The molecular weight excluding hydrogens is 309 g/mol. The van der Waals surface area contributed by atoms with Crippen LogP contribution in [0.4, 0.5) is 4.39 Å². The first kappa shape index (κ1) is 15.9. The van der Waals surface area contributed by atoms with E-state index in [-0.39, 0.29) is 24.4 Å². The van der Waals surface area contributed by atoms with Gasteiger partial charge >= 0.3 is 0 Å². The minimum Gasteiger partial charge on any atom is -0.467 e. The minimum atomic E-state index is -0.309. The van der Waals surface area contributed by atoms with Gasteiger partial charge in [-0.05, 0) is 36.8 Å². The van der Waals surface area contributed by atoms with Crippen LogP contribution >= 0.6 is 0 Å². The van der Waals surface area contributed by atoms with Crippen LogP contribution in [-0.2, 0) is 4.79 Å². The Morgan fingerprint density at radius 3 is 2.71 bits per heavy atom. The van der Waals surface area contributed by atoms with Crippen molar-refractivity contribution in [1.82, 2.24) is 15.3 Å². The van der Waals surface area contributed by atoms with Crippen LogP contribution in [0.5, 0.6) is 5.88 Å². The Bertz CT molecular complexity index is 847. The monoisotopic (exact) mass is 325 g/mol. The molecule has 1 aromatic heterocycles. The van der Waals surface area contributed by atoms with Gasteiger partial charge in [-0.3, -0.25) is 4.79 Å². The van der Waals surface area contributed by atoms with Crippen LogP contribution in [0.15, 0.2) is 54.9 Å². The molecule has 0 saturated heterocycles. The highest BCUT2D eigenvalue weighted by atomic mass is 19.1. The quantitative estimate of drug-likeness (QED) is 0.783. The second-order valence-electron chi connectivity index (χ2n) is 5.33. The van der Waals surface area contributed by atoms with Gasteiger partial charge in [0.05, 0.1) is 16.9 Å². The van der Waals surface area contributed by atoms with Crippen molar-refractivity contribution in [1.29, 1.82) is 0 Å². The average Bonchev–Trinajstić information content (AvgIpc) is 2.60. The summed E-state index contributed by atoms with van der Waals surface area (Å²) in [7, 11) is 0. The van der Waals surface area contributed by atoms with Gasteiger partial charge in [0, 0.05) is 0 Å². The largest absolute Gasteiger partial charge is 0.467 e. The van der Waals surface area contributed by atoms with E-state index in [1.165, 1.54) is 18.5 Å². The molecule has 0 saturated carbocycles. The van der Waals surface area contributed by atoms with Crippen molar-refractivity contribution < 1.29 is 13.9 Å². The summed E-state index contributed by atoms with van der Waals surface area (Å²) in [5, 5.41) is 3.55. The summed E-state index contributed by atoms with van der Waals surface area (Å²) in [5.74, 6) is -0.226. The molecule has 1 unspecified atom stereocenters. The van der Waals surface area contributed by atoms with E-state index < -0.39 is 0 Å². The lowest BCUT2D eigenvalue weighted by Crippen LogP contribution is -2.31. The maximum Gasteiger partial charge on any atom is 0.258 e. The van der Waals surface area contributed by atoms with Gasteiger partial charge in [0.15, 0.2) is 6.61 Å². The van der Waals surface area contributed by atoms with E-state index in [0.717, 1.165) is 16.5 Å². The minimum absolute atomic E-state index is 0.160. The third kappa shape index (κ3) is 3.65. The van der Waals surface area contributed by atoms with Crippen molar-refractivity contribution >= 4 is 16.8 Å². The van der Waals surface area contributed by atoms with Gasteiger partial charge in [0.25, 0.3) is 5.91 Å². The van der Waals surface area contributed by atoms with Crippen molar-refractivity contribution in [2.24, 2.45) is 0 Å². The summed E-state index contributed by atoms with van der Waals surface area (Å²) in [6, 6.07) is 13.2. The molecule has 1 atom stereocenters. The van der Waals surface area contributed by atoms with E-state index in [9.17, 15) is 9.18 Å². The van der Waals surface area contributed by atoms with Crippen LogP contribution in [-0.4, -0.2) is 22.5 Å². The third-order valence-corrected chi connectivity index (χ3v) is 3.59. The number of carbonyl (C=O) groups is 1. The number of aromatic nitrogens is 2. The molecule has 0 aliphatic rings. The standard InChI is InChI=1S/C18H16FN3O2/c1-12(13-6-8-14(19)9-7-13)22-17(23)10-24-18-15-4-2-3-5-16(15)20-11-21-18/h2-9,11-12H,10H2,1H3,(H,22,23). The van der Waals surface area contributed by atoms with Gasteiger partial charge in [0.2, 0.25) is 5.88 Å². The van der Waals surface area contributed by atoms with Crippen LogP contribution in [0.25, 0.3) is 10.9 Å². The Morgan fingerprint density at radius 2 is 1.92 bits per heavy atom. The van der Waals surface area contributed by atoms with Gasteiger partial charge in [-0.15, -0.1) is 0 Å². The second kappa shape index (κ2) is 7.04. The van der Waals surface area contributed by atoms with Crippen LogP contribution in [0, 0.1) is 5.82 Å². The average molecular weight is 325 g/mol. The Hall–Kier alpha value is -3.02. The van der Waals surface area contributed by atoms with Crippen LogP contribution in [0.2, 0.25) is 0 Å². The normalized spacial score (nSPS) is 11.9. The van der Waals surface area contributed by atoms with Gasteiger partial charge in [0.1, 0.15) is 12.1 Å². The Kier molecular flexibility index (Phi) is 4.65. The molecule has 3 aromatic rings. The first-order chi connectivity index (χ1) is 11.6. The molecule has 0 aliphatic heterocycles. The van der Waals surface area contributed by atoms with E-state index in [0.29, 0.717) is 5.88 Å². The van der Waals surface area contributed by atoms with Gasteiger partial charge in [-0.1, -0.05) is 24.3 Å². The second-order valence-corrected chi connectivity index (χ2v) is 5.33. The van der Waals surface area contributed by atoms with Crippen molar-refractivity contribution in [3.63, 3.8) is 0 Å². The Labute approximate surface area is 138 Å². The third-order valence-electron chi connectivity index (χ3n) is 3.59. The molecule has 0 aliphatic carbocycles. The predicted octanol–water partition coefficient (Wildman–Crippen LogP) is 3.03. The molecule has 1 heterocycles. The lowest BCUT2D eigenvalue weighted by molar-refractivity contribution is -0.123. The molecule has 0 bridgehead atoms. The van der Waals surface area contributed by atoms with Gasteiger partial charge in [-0.25, -0.2) is 14.4 Å². The first-order valence-electron chi connectivity index (χ1n) is 7.51. The number of rotatable bonds is 5. The van der Waals surface area contributed by atoms with Crippen molar-refractivity contribution in [3.05, 3.63) is 66.2 Å². The summed E-state index contributed by atoms with van der Waals surface area (Å²) in [4.78, 5) is 20.3. The summed E-state index contributed by atoms with van der Waals surface area (Å²) in [6.07, 6.45) is 1.40. The fourth-order valence-corrected chi connectivity index (χ4v) is 2.35. The number of halogens is 1. The zero-order valence-electron chi connectivity index (χ0n) is 13.1. The van der Waals surface area contributed by atoms with Crippen LogP contribution < -0.4 is 10.1 Å². The zero-order valence-corrected chi connectivity index (χ0v) is 13.1. The van der Waals surface area contributed by atoms with Gasteiger partial charge in [-0.2, -0.15) is 0 Å². The number of nitrogens with one attached hydrogen (secondary N) is 1. The summed E-state index contributed by atoms with van der Waals surface area (Å²) in [5.41, 5.74) is 1.57. The Morgan fingerprint density at radius 1 is 1.17 bits per heavy atom. The molecule has 1 N–H and O–H groups in total. The molecule has 2 aromatic carbocycles. The lowest BCUT2D eigenvalue weighted by Gasteiger charge is -2.14. The van der Waals surface area contributed by atoms with Gasteiger partial charge < -0.3 is 10.1 Å². The highest BCUT2D eigenvalue weighted by molar-refractivity contribution is 5.84. The molecule has 3 rings (SSSR count).